The Hall–Kier alpha value is -2.08. The zero-order valence-electron chi connectivity index (χ0n) is 15.4. The van der Waals surface area contributed by atoms with Gasteiger partial charge in [-0.05, 0) is 37.1 Å². The zero-order valence-corrected chi connectivity index (χ0v) is 17.0. The first-order valence-corrected chi connectivity index (χ1v) is 9.69. The smallest absolute Gasteiger partial charge is 0.265 e. The summed E-state index contributed by atoms with van der Waals surface area (Å²) in [7, 11) is 1.61. The van der Waals surface area contributed by atoms with E-state index in [0.717, 1.165) is 36.0 Å². The molecule has 1 heterocycles. The maximum absolute atomic E-state index is 12.5. The van der Waals surface area contributed by atoms with Crippen molar-refractivity contribution >= 4 is 39.7 Å². The fourth-order valence-electron chi connectivity index (χ4n) is 2.91. The Balaban J connectivity index is 0.00000261. The molecular weight excluding hydrogens is 380 g/mol. The average Bonchev–Trinajstić information content (AvgIpc) is 3.06. The van der Waals surface area contributed by atoms with Gasteiger partial charge in [0, 0.05) is 23.2 Å². The Kier molecular flexibility index (Phi) is 8.58. The number of fused-ring (bicyclic) bond motifs is 1. The lowest BCUT2D eigenvalue weighted by atomic mass is 10.1. The normalized spacial score (nSPS) is 10.4. The van der Waals surface area contributed by atoms with E-state index in [2.05, 4.69) is 34.9 Å². The number of benzene rings is 2. The third-order valence-corrected chi connectivity index (χ3v) is 5.36. The molecular formula is C21H25ClN2O2S. The molecule has 2 aromatic carbocycles. The number of ether oxygens (including phenoxy) is 1. The van der Waals surface area contributed by atoms with Gasteiger partial charge >= 0.3 is 0 Å². The Morgan fingerprint density at radius 3 is 2.52 bits per heavy atom. The van der Waals surface area contributed by atoms with Crippen LogP contribution in [-0.4, -0.2) is 32.7 Å². The molecule has 6 heteroatoms. The van der Waals surface area contributed by atoms with E-state index < -0.39 is 0 Å². The second-order valence-electron chi connectivity index (χ2n) is 6.06. The number of methoxy groups -OCH3 is 1. The first-order chi connectivity index (χ1) is 12.8. The van der Waals surface area contributed by atoms with Crippen molar-refractivity contribution in [2.24, 2.45) is 0 Å². The molecule has 0 atom stereocenters. The molecule has 0 aliphatic carbocycles. The number of carbonyl (C=O) groups is 1. The van der Waals surface area contributed by atoms with Gasteiger partial charge in [-0.15, -0.1) is 23.7 Å². The molecule has 2 N–H and O–H groups in total. The van der Waals surface area contributed by atoms with Crippen LogP contribution in [0.3, 0.4) is 0 Å². The number of hydrogen-bond acceptors (Lipinski definition) is 4. The number of aryl methyl sites for hydroxylation is 1. The van der Waals surface area contributed by atoms with Crippen LogP contribution in [0.25, 0.3) is 10.1 Å². The Morgan fingerprint density at radius 1 is 1.00 bits per heavy atom. The third-order valence-electron chi connectivity index (χ3n) is 4.21. The van der Waals surface area contributed by atoms with Gasteiger partial charge in [-0.25, -0.2) is 0 Å². The zero-order chi connectivity index (χ0) is 18.2. The van der Waals surface area contributed by atoms with Crippen molar-refractivity contribution in [2.75, 3.05) is 26.7 Å². The van der Waals surface area contributed by atoms with Crippen molar-refractivity contribution in [3.05, 3.63) is 65.0 Å². The number of thiophene rings is 1. The number of amides is 1. The highest BCUT2D eigenvalue weighted by Gasteiger charge is 2.18. The van der Waals surface area contributed by atoms with E-state index >= 15 is 0 Å². The lowest BCUT2D eigenvalue weighted by Crippen LogP contribution is -2.32. The minimum atomic E-state index is -0.0749. The summed E-state index contributed by atoms with van der Waals surface area (Å²) in [5.74, 6) is 0.591. The van der Waals surface area contributed by atoms with Gasteiger partial charge in [-0.3, -0.25) is 4.79 Å². The van der Waals surface area contributed by atoms with Crippen LogP contribution in [0.4, 0.5) is 0 Å². The Morgan fingerprint density at radius 2 is 1.74 bits per heavy atom. The topological polar surface area (TPSA) is 50.4 Å². The highest BCUT2D eigenvalue weighted by Crippen LogP contribution is 2.37. The van der Waals surface area contributed by atoms with Gasteiger partial charge in [0.25, 0.3) is 5.91 Å². The molecule has 0 radical (unpaired) electrons. The van der Waals surface area contributed by atoms with Crippen LogP contribution in [0.5, 0.6) is 5.75 Å². The molecule has 3 aromatic rings. The largest absolute Gasteiger partial charge is 0.494 e. The molecule has 27 heavy (non-hydrogen) atoms. The summed E-state index contributed by atoms with van der Waals surface area (Å²) in [6.07, 6.45) is 2.15. The number of hydrogen-bond donors (Lipinski definition) is 2. The van der Waals surface area contributed by atoms with E-state index in [1.54, 1.807) is 7.11 Å². The van der Waals surface area contributed by atoms with Crippen molar-refractivity contribution in [2.45, 2.75) is 12.8 Å². The van der Waals surface area contributed by atoms with Crippen LogP contribution < -0.4 is 15.4 Å². The molecule has 4 nitrogen and oxygen atoms in total. The lowest BCUT2D eigenvalue weighted by molar-refractivity contribution is 0.0955. The van der Waals surface area contributed by atoms with Crippen LogP contribution >= 0.6 is 23.7 Å². The van der Waals surface area contributed by atoms with Crippen LogP contribution in [0, 0.1) is 0 Å². The lowest BCUT2D eigenvalue weighted by Gasteiger charge is -2.07. The van der Waals surface area contributed by atoms with Gasteiger partial charge in [0.2, 0.25) is 0 Å². The van der Waals surface area contributed by atoms with Crippen LogP contribution in [0.15, 0.2) is 54.6 Å². The second-order valence-corrected chi connectivity index (χ2v) is 7.11. The molecule has 144 valence electrons. The number of carbonyl (C=O) groups excluding carboxylic acids is 1. The Labute approximate surface area is 170 Å². The minimum Gasteiger partial charge on any atom is -0.494 e. The highest BCUT2D eigenvalue weighted by atomic mass is 35.5. The van der Waals surface area contributed by atoms with Gasteiger partial charge in [0.15, 0.2) is 0 Å². The number of rotatable bonds is 9. The average molecular weight is 405 g/mol. The first-order valence-electron chi connectivity index (χ1n) is 8.88. The molecule has 0 aliphatic rings. The quantitative estimate of drug-likeness (QED) is 0.523. The summed E-state index contributed by atoms with van der Waals surface area (Å²) in [5, 5.41) is 7.34. The molecule has 0 saturated carbocycles. The number of halogens is 1. The van der Waals surface area contributed by atoms with Gasteiger partial charge in [-0.2, -0.15) is 0 Å². The molecule has 1 amide bonds. The van der Waals surface area contributed by atoms with Crippen molar-refractivity contribution in [1.82, 2.24) is 10.6 Å². The van der Waals surface area contributed by atoms with Crippen molar-refractivity contribution in [3.63, 3.8) is 0 Å². The van der Waals surface area contributed by atoms with Crippen LogP contribution in [-0.2, 0) is 6.42 Å². The van der Waals surface area contributed by atoms with Gasteiger partial charge in [-0.1, -0.05) is 42.5 Å². The van der Waals surface area contributed by atoms with Crippen LogP contribution in [0.2, 0.25) is 0 Å². The summed E-state index contributed by atoms with van der Waals surface area (Å²) in [6, 6.07) is 18.4. The van der Waals surface area contributed by atoms with E-state index in [0.29, 0.717) is 17.2 Å². The molecule has 0 spiro atoms. The molecule has 3 rings (SSSR count). The predicted molar refractivity (Wildman–Crippen MR) is 116 cm³/mol. The SMILES string of the molecule is COc1c(C(=O)NCCNCCCc2ccccc2)sc2ccccc12.Cl. The first kappa shape index (κ1) is 21.2. The van der Waals surface area contributed by atoms with Crippen molar-refractivity contribution in [3.8, 4) is 5.75 Å². The fourth-order valence-corrected chi connectivity index (χ4v) is 3.99. The van der Waals surface area contributed by atoms with E-state index in [9.17, 15) is 4.79 Å². The minimum absolute atomic E-state index is 0. The Bertz CT molecular complexity index is 852. The van der Waals surface area contributed by atoms with Gasteiger partial charge in [0.1, 0.15) is 10.6 Å². The van der Waals surface area contributed by atoms with E-state index in [4.69, 9.17) is 4.74 Å². The third kappa shape index (κ3) is 5.70. The molecule has 0 fully saturated rings. The molecule has 0 aliphatic heterocycles. The monoisotopic (exact) mass is 404 g/mol. The van der Waals surface area contributed by atoms with E-state index in [-0.39, 0.29) is 18.3 Å². The standard InChI is InChI=1S/C21H24N2O2S.ClH/c1-25-19-17-11-5-6-12-18(17)26-20(19)21(24)23-15-14-22-13-7-10-16-8-3-2-4-9-16;/h2-6,8-9,11-12,22H,7,10,13-15H2,1H3,(H,23,24);1H. The summed E-state index contributed by atoms with van der Waals surface area (Å²) in [5.41, 5.74) is 1.36. The molecule has 0 unspecified atom stereocenters. The van der Waals surface area contributed by atoms with Crippen molar-refractivity contribution < 1.29 is 9.53 Å². The summed E-state index contributed by atoms with van der Waals surface area (Å²) in [4.78, 5) is 13.1. The highest BCUT2D eigenvalue weighted by molar-refractivity contribution is 7.21. The fraction of sp³-hybridized carbons (Fsp3) is 0.286. The summed E-state index contributed by atoms with van der Waals surface area (Å²) in [6.45, 7) is 2.30. The number of nitrogens with one attached hydrogen (secondary N) is 2. The maximum Gasteiger partial charge on any atom is 0.265 e. The summed E-state index contributed by atoms with van der Waals surface area (Å²) >= 11 is 1.47. The molecule has 0 bridgehead atoms. The molecule has 1 aromatic heterocycles. The maximum atomic E-state index is 12.5. The predicted octanol–water partition coefficient (Wildman–Crippen LogP) is 4.28. The van der Waals surface area contributed by atoms with Gasteiger partial charge in [0.05, 0.1) is 7.11 Å². The van der Waals surface area contributed by atoms with E-state index in [1.807, 2.05) is 30.3 Å². The van der Waals surface area contributed by atoms with E-state index in [1.165, 1.54) is 16.9 Å². The molecule has 0 saturated heterocycles. The van der Waals surface area contributed by atoms with Crippen LogP contribution in [0.1, 0.15) is 21.7 Å². The van der Waals surface area contributed by atoms with Crippen molar-refractivity contribution in [1.29, 1.82) is 0 Å². The van der Waals surface area contributed by atoms with Gasteiger partial charge < -0.3 is 15.4 Å². The summed E-state index contributed by atoms with van der Waals surface area (Å²) < 4.78 is 6.52. The second kappa shape index (κ2) is 10.9.